The second kappa shape index (κ2) is 7.26. The molecule has 1 aromatic rings. The molecular weight excluding hydrogens is 272 g/mol. The van der Waals surface area contributed by atoms with Crippen LogP contribution in [0.3, 0.4) is 0 Å². The first-order valence-corrected chi connectivity index (χ1v) is 7.37. The number of rotatable bonds is 5. The fourth-order valence-corrected chi connectivity index (χ4v) is 2.50. The number of furan rings is 1. The molecule has 0 aromatic carbocycles. The van der Waals surface area contributed by atoms with Gasteiger partial charge in [-0.05, 0) is 26.0 Å². The lowest BCUT2D eigenvalue weighted by atomic mass is 10.1. The highest BCUT2D eigenvalue weighted by Gasteiger charge is 2.31. The second-order valence-corrected chi connectivity index (χ2v) is 4.98. The van der Waals surface area contributed by atoms with Crippen molar-refractivity contribution in [1.82, 2.24) is 9.80 Å². The maximum atomic E-state index is 12.5. The predicted octanol–water partition coefficient (Wildman–Crippen LogP) is 2.01. The van der Waals surface area contributed by atoms with Crippen molar-refractivity contribution in [2.45, 2.75) is 26.3 Å². The fraction of sp³-hybridized carbons (Fsp3) is 0.600. The second-order valence-electron chi connectivity index (χ2n) is 4.98. The maximum Gasteiger partial charge on any atom is 0.320 e. The third kappa shape index (κ3) is 3.64. The van der Waals surface area contributed by atoms with Crippen LogP contribution in [0, 0.1) is 0 Å². The van der Waals surface area contributed by atoms with Crippen molar-refractivity contribution >= 4 is 11.8 Å². The van der Waals surface area contributed by atoms with Crippen molar-refractivity contribution in [3.63, 3.8) is 0 Å². The number of hydrogen-bond acceptors (Lipinski definition) is 4. The van der Waals surface area contributed by atoms with E-state index in [1.165, 1.54) is 6.26 Å². The van der Waals surface area contributed by atoms with Crippen LogP contribution in [0.4, 0.5) is 4.79 Å². The summed E-state index contributed by atoms with van der Waals surface area (Å²) in [5.74, 6) is 0.226. The lowest BCUT2D eigenvalue weighted by Gasteiger charge is -2.38. The van der Waals surface area contributed by atoms with Crippen LogP contribution in [-0.2, 0) is 4.74 Å². The molecular formula is C15H22N2O4. The smallest absolute Gasteiger partial charge is 0.320 e. The SMILES string of the molecule is CCN(CC)C(=O)N1CCOC[C@@H]1CC(=O)c1ccco1. The molecule has 0 radical (unpaired) electrons. The lowest BCUT2D eigenvalue weighted by molar-refractivity contribution is 0.00289. The third-order valence-corrected chi connectivity index (χ3v) is 3.72. The summed E-state index contributed by atoms with van der Waals surface area (Å²) in [6.07, 6.45) is 1.70. The fourth-order valence-electron chi connectivity index (χ4n) is 2.50. The Bertz CT molecular complexity index is 468. The Kier molecular flexibility index (Phi) is 5.38. The molecule has 116 valence electrons. The summed E-state index contributed by atoms with van der Waals surface area (Å²) in [5, 5.41) is 0. The van der Waals surface area contributed by atoms with Gasteiger partial charge in [0.1, 0.15) is 0 Å². The Morgan fingerprint density at radius 1 is 1.38 bits per heavy atom. The zero-order valence-corrected chi connectivity index (χ0v) is 12.6. The Balaban J connectivity index is 2.05. The van der Waals surface area contributed by atoms with Crippen LogP contribution < -0.4 is 0 Å². The van der Waals surface area contributed by atoms with Crippen LogP contribution in [0.2, 0.25) is 0 Å². The molecule has 0 aliphatic carbocycles. The minimum Gasteiger partial charge on any atom is -0.461 e. The molecule has 1 atom stereocenters. The van der Waals surface area contributed by atoms with Crippen LogP contribution in [0.25, 0.3) is 0 Å². The van der Waals surface area contributed by atoms with E-state index in [4.69, 9.17) is 9.15 Å². The Hall–Kier alpha value is -1.82. The van der Waals surface area contributed by atoms with Gasteiger partial charge in [0.2, 0.25) is 0 Å². The first kappa shape index (κ1) is 15.6. The van der Waals surface area contributed by atoms with Crippen molar-refractivity contribution < 1.29 is 18.7 Å². The lowest BCUT2D eigenvalue weighted by Crippen LogP contribution is -2.54. The molecule has 6 nitrogen and oxygen atoms in total. The van der Waals surface area contributed by atoms with Crippen LogP contribution in [0.15, 0.2) is 22.8 Å². The number of urea groups is 1. The largest absolute Gasteiger partial charge is 0.461 e. The summed E-state index contributed by atoms with van der Waals surface area (Å²) in [6, 6.07) is 3.07. The van der Waals surface area contributed by atoms with E-state index in [9.17, 15) is 9.59 Å². The summed E-state index contributed by atoms with van der Waals surface area (Å²) in [7, 11) is 0. The molecule has 0 N–H and O–H groups in total. The highest BCUT2D eigenvalue weighted by Crippen LogP contribution is 2.16. The molecule has 0 unspecified atom stereocenters. The van der Waals surface area contributed by atoms with Crippen molar-refractivity contribution in [3.05, 3.63) is 24.2 Å². The van der Waals surface area contributed by atoms with Gasteiger partial charge in [0.25, 0.3) is 0 Å². The molecule has 6 heteroatoms. The first-order chi connectivity index (χ1) is 10.2. The van der Waals surface area contributed by atoms with E-state index in [-0.39, 0.29) is 24.3 Å². The van der Waals surface area contributed by atoms with E-state index in [1.54, 1.807) is 21.9 Å². The monoisotopic (exact) mass is 294 g/mol. The minimum atomic E-state index is -0.232. The van der Waals surface area contributed by atoms with Crippen molar-refractivity contribution in [2.24, 2.45) is 0 Å². The van der Waals surface area contributed by atoms with Gasteiger partial charge in [0.05, 0.1) is 25.5 Å². The van der Waals surface area contributed by atoms with Gasteiger partial charge < -0.3 is 19.0 Å². The minimum absolute atomic E-state index is 0.0273. The van der Waals surface area contributed by atoms with E-state index in [0.717, 1.165) is 0 Å². The molecule has 1 aliphatic heterocycles. The number of ether oxygens (including phenoxy) is 1. The number of nitrogens with zero attached hydrogens (tertiary/aromatic N) is 2. The standard InChI is InChI=1S/C15H22N2O4/c1-3-16(4-2)15(19)17-7-9-20-11-12(17)10-13(18)14-6-5-8-21-14/h5-6,8,12H,3-4,7,9-11H2,1-2H3/t12-/m0/s1. The molecule has 0 bridgehead atoms. The average molecular weight is 294 g/mol. The van der Waals surface area contributed by atoms with Crippen LogP contribution in [-0.4, -0.2) is 60.5 Å². The Morgan fingerprint density at radius 3 is 2.76 bits per heavy atom. The molecule has 2 amide bonds. The molecule has 1 aromatic heterocycles. The topological polar surface area (TPSA) is 63.0 Å². The molecule has 1 aliphatic rings. The predicted molar refractivity (Wildman–Crippen MR) is 77.3 cm³/mol. The third-order valence-electron chi connectivity index (χ3n) is 3.72. The summed E-state index contributed by atoms with van der Waals surface area (Å²) in [5.41, 5.74) is 0. The number of morpholine rings is 1. The highest BCUT2D eigenvalue weighted by atomic mass is 16.5. The molecule has 1 saturated heterocycles. The highest BCUT2D eigenvalue weighted by molar-refractivity contribution is 5.94. The maximum absolute atomic E-state index is 12.5. The van der Waals surface area contributed by atoms with Gasteiger partial charge in [-0.15, -0.1) is 0 Å². The van der Waals surface area contributed by atoms with E-state index in [0.29, 0.717) is 38.6 Å². The van der Waals surface area contributed by atoms with E-state index in [1.807, 2.05) is 13.8 Å². The first-order valence-electron chi connectivity index (χ1n) is 7.37. The van der Waals surface area contributed by atoms with Gasteiger partial charge in [-0.3, -0.25) is 4.79 Å². The summed E-state index contributed by atoms with van der Waals surface area (Å²) in [4.78, 5) is 28.2. The van der Waals surface area contributed by atoms with Crippen molar-refractivity contribution in [1.29, 1.82) is 0 Å². The average Bonchev–Trinajstić information content (AvgIpc) is 3.03. The van der Waals surface area contributed by atoms with Gasteiger partial charge >= 0.3 is 6.03 Å². The van der Waals surface area contributed by atoms with Crippen molar-refractivity contribution in [3.8, 4) is 0 Å². The molecule has 1 fully saturated rings. The van der Waals surface area contributed by atoms with E-state index in [2.05, 4.69) is 0 Å². The quantitative estimate of drug-likeness (QED) is 0.779. The summed E-state index contributed by atoms with van der Waals surface area (Å²) >= 11 is 0. The zero-order chi connectivity index (χ0) is 15.2. The summed E-state index contributed by atoms with van der Waals surface area (Å²) < 4.78 is 10.6. The van der Waals surface area contributed by atoms with Gasteiger partial charge in [-0.2, -0.15) is 0 Å². The van der Waals surface area contributed by atoms with Gasteiger partial charge in [0.15, 0.2) is 11.5 Å². The van der Waals surface area contributed by atoms with Gasteiger partial charge in [-0.1, -0.05) is 0 Å². The number of carbonyl (C=O) groups excluding carboxylic acids is 2. The molecule has 2 heterocycles. The van der Waals surface area contributed by atoms with Gasteiger partial charge in [-0.25, -0.2) is 4.79 Å². The van der Waals surface area contributed by atoms with Crippen LogP contribution in [0.1, 0.15) is 30.8 Å². The van der Waals surface area contributed by atoms with Gasteiger partial charge in [0, 0.05) is 26.1 Å². The van der Waals surface area contributed by atoms with E-state index >= 15 is 0 Å². The summed E-state index contributed by atoms with van der Waals surface area (Å²) in [6.45, 7) is 6.64. The molecule has 21 heavy (non-hydrogen) atoms. The zero-order valence-electron chi connectivity index (χ0n) is 12.6. The van der Waals surface area contributed by atoms with Crippen molar-refractivity contribution in [2.75, 3.05) is 32.8 Å². The van der Waals surface area contributed by atoms with Crippen LogP contribution >= 0.6 is 0 Å². The molecule has 2 rings (SSSR count). The number of ketones is 1. The van der Waals surface area contributed by atoms with E-state index < -0.39 is 0 Å². The number of hydrogen-bond donors (Lipinski definition) is 0. The molecule has 0 saturated carbocycles. The molecule has 0 spiro atoms. The van der Waals surface area contributed by atoms with Crippen LogP contribution in [0.5, 0.6) is 0 Å². The Morgan fingerprint density at radius 2 is 2.14 bits per heavy atom. The number of amides is 2. The Labute approximate surface area is 124 Å². The number of Topliss-reactive ketones (excluding diaryl/α,β-unsaturated/α-hetero) is 1. The normalized spacial score (nSPS) is 18.6. The number of carbonyl (C=O) groups is 2.